The van der Waals surface area contributed by atoms with Crippen molar-refractivity contribution in [1.82, 2.24) is 14.9 Å². The smallest absolute Gasteiger partial charge is 0.422 e. The first-order valence-corrected chi connectivity index (χ1v) is 11.5. The summed E-state index contributed by atoms with van der Waals surface area (Å²) in [5.41, 5.74) is 1.32. The van der Waals surface area contributed by atoms with Gasteiger partial charge in [0.25, 0.3) is 5.88 Å². The molecule has 194 valence electrons. The van der Waals surface area contributed by atoms with E-state index in [4.69, 9.17) is 11.6 Å². The Morgan fingerprint density at radius 3 is 2.70 bits per heavy atom. The third-order valence-corrected chi connectivity index (χ3v) is 6.70. The summed E-state index contributed by atoms with van der Waals surface area (Å²) < 4.78 is 70.5. The Morgan fingerprint density at radius 2 is 1.97 bits per heavy atom. The van der Waals surface area contributed by atoms with Crippen molar-refractivity contribution in [2.75, 3.05) is 11.9 Å². The number of halogens is 6. The molecule has 1 saturated heterocycles. The molecule has 5 rings (SSSR count). The van der Waals surface area contributed by atoms with Crippen LogP contribution in [-0.4, -0.2) is 39.7 Å². The lowest BCUT2D eigenvalue weighted by Crippen LogP contribution is -2.44. The molecule has 2 aromatic heterocycles. The minimum absolute atomic E-state index is 0.00157. The van der Waals surface area contributed by atoms with Gasteiger partial charge in [0.2, 0.25) is 5.56 Å². The molecule has 0 radical (unpaired) electrons. The maximum absolute atomic E-state index is 15.0. The lowest BCUT2D eigenvalue weighted by molar-refractivity contribution is -0.154. The topological polar surface area (TPSA) is 87.3 Å². The molecule has 2 aliphatic heterocycles. The summed E-state index contributed by atoms with van der Waals surface area (Å²) in [6.45, 7) is -1.72. The largest absolute Gasteiger partial charge is 0.466 e. The fraction of sp³-hybridized carbons (Fsp3) is 0.292. The molecule has 0 saturated carbocycles. The summed E-state index contributed by atoms with van der Waals surface area (Å²) in [4.78, 5) is 32.6. The van der Waals surface area contributed by atoms with Gasteiger partial charge in [-0.15, -0.1) is 0 Å². The van der Waals surface area contributed by atoms with E-state index in [1.165, 1.54) is 6.07 Å². The van der Waals surface area contributed by atoms with Gasteiger partial charge < -0.3 is 19.9 Å². The molecule has 3 aromatic rings. The van der Waals surface area contributed by atoms with Gasteiger partial charge in [-0.2, -0.15) is 13.2 Å². The van der Waals surface area contributed by atoms with Gasteiger partial charge in [-0.05, 0) is 48.6 Å². The molecule has 2 amide bonds. The summed E-state index contributed by atoms with van der Waals surface area (Å²) in [7, 11) is 0. The standard InChI is InChI=1S/C24H18ClF5N4O3/c25-16-7-19(17(26)6-14(16)12-4-18(27)22(32-8-12)37-10-24(28,29)30)33-23(36)34-13-1-2-20(34)15-9-31-21(35)5-11(15)3-13/h4-9,13,20H,1-3,10H2,(H,31,35)(H,33,36)/t13-,20+/m0/s1. The summed E-state index contributed by atoms with van der Waals surface area (Å²) in [6.07, 6.45) is -0.142. The SMILES string of the molecule is O=C(Nc1cc(Cl)c(-c2cnc(OCC(F)(F)F)c(F)c2)cc1F)N1[C@H]2CC[C@@H]1c1c[nH]c(=O)cc1C2. The maximum Gasteiger partial charge on any atom is 0.422 e. The molecule has 2 atom stereocenters. The van der Waals surface area contributed by atoms with Crippen molar-refractivity contribution in [2.45, 2.75) is 37.5 Å². The maximum atomic E-state index is 15.0. The number of amides is 2. The van der Waals surface area contributed by atoms with E-state index in [2.05, 4.69) is 20.0 Å². The van der Waals surface area contributed by atoms with E-state index >= 15 is 0 Å². The fourth-order valence-corrected chi connectivity index (χ4v) is 5.11. The first-order chi connectivity index (χ1) is 17.5. The van der Waals surface area contributed by atoms with Crippen LogP contribution in [-0.2, 0) is 6.42 Å². The minimum Gasteiger partial charge on any atom is -0.466 e. The normalized spacial score (nSPS) is 18.5. The molecule has 0 aliphatic carbocycles. The molecule has 0 unspecified atom stereocenters. The number of benzene rings is 1. The van der Waals surface area contributed by atoms with Crippen molar-refractivity contribution in [2.24, 2.45) is 0 Å². The number of nitrogens with zero attached hydrogens (tertiary/aromatic N) is 2. The van der Waals surface area contributed by atoms with Gasteiger partial charge in [-0.25, -0.2) is 18.6 Å². The summed E-state index contributed by atoms with van der Waals surface area (Å²) >= 11 is 6.27. The highest BCUT2D eigenvalue weighted by Gasteiger charge is 2.43. The Labute approximate surface area is 211 Å². The lowest BCUT2D eigenvalue weighted by Gasteiger charge is -2.36. The predicted octanol–water partition coefficient (Wildman–Crippen LogP) is 5.60. The monoisotopic (exact) mass is 540 g/mol. The molecule has 1 aromatic carbocycles. The van der Waals surface area contributed by atoms with E-state index in [0.717, 1.165) is 41.9 Å². The van der Waals surface area contributed by atoms with Crippen LogP contribution < -0.4 is 15.6 Å². The van der Waals surface area contributed by atoms with Crippen LogP contribution in [0.5, 0.6) is 5.88 Å². The third kappa shape index (κ3) is 4.97. The van der Waals surface area contributed by atoms with Crippen LogP contribution in [0.2, 0.25) is 5.02 Å². The molecule has 2 aliphatic rings. The number of hydrogen-bond donors (Lipinski definition) is 2. The number of rotatable bonds is 4. The molecule has 7 nitrogen and oxygen atoms in total. The van der Waals surface area contributed by atoms with Crippen LogP contribution in [0.4, 0.5) is 32.4 Å². The van der Waals surface area contributed by atoms with Crippen molar-refractivity contribution >= 4 is 23.3 Å². The quantitative estimate of drug-likeness (QED) is 0.422. The highest BCUT2D eigenvalue weighted by molar-refractivity contribution is 6.33. The van der Waals surface area contributed by atoms with Crippen molar-refractivity contribution in [3.63, 3.8) is 0 Å². The second-order valence-corrected chi connectivity index (χ2v) is 9.20. The number of pyridine rings is 2. The van der Waals surface area contributed by atoms with E-state index in [0.29, 0.717) is 12.8 Å². The number of fused-ring (bicyclic) bond motifs is 4. The second-order valence-electron chi connectivity index (χ2n) is 8.79. The second kappa shape index (κ2) is 9.33. The van der Waals surface area contributed by atoms with Crippen LogP contribution in [0, 0.1) is 11.6 Å². The first kappa shape index (κ1) is 25.0. The molecule has 0 spiro atoms. The third-order valence-electron chi connectivity index (χ3n) is 6.39. The minimum atomic E-state index is -4.67. The van der Waals surface area contributed by atoms with Gasteiger partial charge in [0.15, 0.2) is 12.4 Å². The van der Waals surface area contributed by atoms with Gasteiger partial charge in [0.05, 0.1) is 16.8 Å². The van der Waals surface area contributed by atoms with Crippen LogP contribution in [0.1, 0.15) is 30.0 Å². The summed E-state index contributed by atoms with van der Waals surface area (Å²) in [5, 5.41) is 2.48. The van der Waals surface area contributed by atoms with Gasteiger partial charge in [-0.1, -0.05) is 11.6 Å². The van der Waals surface area contributed by atoms with Gasteiger partial charge in [0.1, 0.15) is 5.82 Å². The number of aromatic amines is 1. The van der Waals surface area contributed by atoms with Crippen molar-refractivity contribution in [3.05, 3.63) is 74.8 Å². The van der Waals surface area contributed by atoms with E-state index in [-0.39, 0.29) is 39.5 Å². The van der Waals surface area contributed by atoms with Gasteiger partial charge in [0, 0.05) is 35.6 Å². The van der Waals surface area contributed by atoms with E-state index < -0.39 is 36.3 Å². The number of alkyl halides is 3. The number of hydrogen-bond acceptors (Lipinski definition) is 4. The van der Waals surface area contributed by atoms with Gasteiger partial charge in [-0.3, -0.25) is 4.79 Å². The zero-order valence-electron chi connectivity index (χ0n) is 18.8. The Bertz CT molecular complexity index is 1440. The number of carbonyl (C=O) groups excluding carboxylic acids is 1. The number of carbonyl (C=O) groups is 1. The number of H-pyrrole nitrogens is 1. The highest BCUT2D eigenvalue weighted by Crippen LogP contribution is 2.43. The fourth-order valence-electron chi connectivity index (χ4n) is 4.83. The highest BCUT2D eigenvalue weighted by atomic mass is 35.5. The Kier molecular flexibility index (Phi) is 6.30. The number of ether oxygens (including phenoxy) is 1. The van der Waals surface area contributed by atoms with Gasteiger partial charge >= 0.3 is 12.2 Å². The average Bonchev–Trinajstić information content (AvgIpc) is 3.14. The van der Waals surface area contributed by atoms with Crippen molar-refractivity contribution in [3.8, 4) is 17.0 Å². The Hall–Kier alpha value is -3.67. The lowest BCUT2D eigenvalue weighted by atomic mass is 9.95. The molecular weight excluding hydrogens is 523 g/mol. The Morgan fingerprint density at radius 1 is 1.19 bits per heavy atom. The van der Waals surface area contributed by atoms with Crippen LogP contribution >= 0.6 is 11.6 Å². The van der Waals surface area contributed by atoms with E-state index in [9.17, 15) is 31.5 Å². The molecule has 13 heteroatoms. The average molecular weight is 541 g/mol. The predicted molar refractivity (Wildman–Crippen MR) is 124 cm³/mol. The van der Waals surface area contributed by atoms with Crippen molar-refractivity contribution < 1.29 is 31.5 Å². The Balaban J connectivity index is 1.35. The summed E-state index contributed by atoms with van der Waals surface area (Å²) in [6, 6.07) is 3.53. The number of aromatic nitrogens is 2. The van der Waals surface area contributed by atoms with Crippen LogP contribution in [0.3, 0.4) is 0 Å². The van der Waals surface area contributed by atoms with Crippen molar-refractivity contribution in [1.29, 1.82) is 0 Å². The molecule has 4 heterocycles. The van der Waals surface area contributed by atoms with E-state index in [1.807, 2.05) is 0 Å². The zero-order valence-corrected chi connectivity index (χ0v) is 19.6. The molecule has 2 bridgehead atoms. The molecular formula is C24H18ClF5N4O3. The van der Waals surface area contributed by atoms with E-state index in [1.54, 1.807) is 11.1 Å². The number of anilines is 1. The number of nitrogens with one attached hydrogen (secondary N) is 2. The molecule has 2 N–H and O–H groups in total. The molecule has 37 heavy (non-hydrogen) atoms. The zero-order chi connectivity index (χ0) is 26.5. The number of urea groups is 1. The molecule has 1 fully saturated rings. The first-order valence-electron chi connectivity index (χ1n) is 11.2. The summed E-state index contributed by atoms with van der Waals surface area (Å²) in [5.74, 6) is -2.90. The van der Waals surface area contributed by atoms with Crippen LogP contribution in [0.15, 0.2) is 41.5 Å². The van der Waals surface area contributed by atoms with Crippen LogP contribution in [0.25, 0.3) is 11.1 Å².